The summed E-state index contributed by atoms with van der Waals surface area (Å²) in [6, 6.07) is 19.4. The van der Waals surface area contributed by atoms with Gasteiger partial charge in [0.1, 0.15) is 19.0 Å². The van der Waals surface area contributed by atoms with Crippen molar-refractivity contribution in [2.24, 2.45) is 5.73 Å². The lowest BCUT2D eigenvalue weighted by Gasteiger charge is -2.21. The molecule has 1 amide bonds. The lowest BCUT2D eigenvalue weighted by atomic mass is 10.0. The fraction of sp³-hybridized carbons (Fsp3) is 0.222. The maximum absolute atomic E-state index is 11.6. The molecule has 1 aliphatic heterocycles. The fourth-order valence-corrected chi connectivity index (χ4v) is 3.91. The highest BCUT2D eigenvalue weighted by molar-refractivity contribution is 5.98. The topological polar surface area (TPSA) is 107 Å². The minimum atomic E-state index is -0.540. The number of nitrogens with two attached hydrogens (primary N) is 1. The number of H-pyrrole nitrogens is 1. The van der Waals surface area contributed by atoms with Crippen LogP contribution in [0, 0.1) is 0 Å². The first kappa shape index (κ1) is 23.2. The van der Waals surface area contributed by atoms with E-state index in [1.165, 1.54) is 16.5 Å². The molecule has 3 aromatic carbocycles. The van der Waals surface area contributed by atoms with Crippen molar-refractivity contribution in [1.82, 2.24) is 4.98 Å². The third-order valence-corrected chi connectivity index (χ3v) is 5.59. The van der Waals surface area contributed by atoms with Crippen LogP contribution in [0.1, 0.15) is 22.3 Å². The van der Waals surface area contributed by atoms with Gasteiger partial charge in [0.05, 0.1) is 12.7 Å². The van der Waals surface area contributed by atoms with Crippen LogP contribution in [0.15, 0.2) is 66.9 Å². The van der Waals surface area contributed by atoms with Crippen LogP contribution in [-0.4, -0.2) is 42.9 Å². The first-order valence-corrected chi connectivity index (χ1v) is 11.1. The Morgan fingerprint density at radius 3 is 2.68 bits per heavy atom. The molecule has 0 bridgehead atoms. The standard InChI is InChI=1S/C16H15NO4.C11H13NO/c1-19-12-4-2-3-10(7-12)11-8-13(16(17)18)15-14(9-11)20-5-6-21-15;13-7-3-4-9-8-12-11-6-2-1-5-10(9)11/h2-4,7-9H,5-6H2,1H3,(H2,17,18);1-2,5-6,8,12-13H,3-4,7H2. The number of para-hydroxylation sites is 1. The van der Waals surface area contributed by atoms with Crippen LogP contribution < -0.4 is 19.9 Å². The quantitative estimate of drug-likeness (QED) is 0.397. The van der Waals surface area contributed by atoms with Crippen molar-refractivity contribution in [3.63, 3.8) is 0 Å². The van der Waals surface area contributed by atoms with Crippen LogP contribution in [0.4, 0.5) is 0 Å². The molecule has 0 saturated heterocycles. The Morgan fingerprint density at radius 2 is 1.88 bits per heavy atom. The molecule has 0 atom stereocenters. The molecule has 0 saturated carbocycles. The molecule has 0 fully saturated rings. The van der Waals surface area contributed by atoms with Gasteiger partial charge in [-0.3, -0.25) is 4.79 Å². The van der Waals surface area contributed by atoms with Gasteiger partial charge in [0.2, 0.25) is 0 Å². The Labute approximate surface area is 198 Å². The SMILES string of the molecule is COc1cccc(-c2cc3c(c(C(N)=O)c2)OCCO3)c1.OCCCc1c[nH]c2ccccc12. The van der Waals surface area contributed by atoms with Crippen LogP contribution in [-0.2, 0) is 6.42 Å². The molecule has 2 heterocycles. The third-order valence-electron chi connectivity index (χ3n) is 5.59. The highest BCUT2D eigenvalue weighted by atomic mass is 16.6. The smallest absolute Gasteiger partial charge is 0.252 e. The molecular weight excluding hydrogens is 432 g/mol. The summed E-state index contributed by atoms with van der Waals surface area (Å²) >= 11 is 0. The van der Waals surface area contributed by atoms with Crippen molar-refractivity contribution in [1.29, 1.82) is 0 Å². The highest BCUT2D eigenvalue weighted by Crippen LogP contribution is 2.38. The first-order valence-electron chi connectivity index (χ1n) is 11.1. The number of fused-ring (bicyclic) bond motifs is 2. The fourth-order valence-electron chi connectivity index (χ4n) is 3.91. The Morgan fingerprint density at radius 1 is 1.06 bits per heavy atom. The lowest BCUT2D eigenvalue weighted by molar-refractivity contribution is 0.0989. The number of carbonyl (C=O) groups is 1. The molecule has 0 aliphatic carbocycles. The number of aromatic amines is 1. The number of aliphatic hydroxyl groups is 1. The second-order valence-electron chi connectivity index (χ2n) is 7.83. The summed E-state index contributed by atoms with van der Waals surface area (Å²) in [4.78, 5) is 14.9. The van der Waals surface area contributed by atoms with Crippen LogP contribution in [0.5, 0.6) is 17.2 Å². The van der Waals surface area contributed by atoms with Gasteiger partial charge in [0.25, 0.3) is 5.91 Å². The second-order valence-corrected chi connectivity index (χ2v) is 7.83. The van der Waals surface area contributed by atoms with E-state index in [0.29, 0.717) is 30.3 Å². The number of aryl methyl sites for hydroxylation is 1. The van der Waals surface area contributed by atoms with Gasteiger partial charge in [0.15, 0.2) is 11.5 Å². The van der Waals surface area contributed by atoms with Gasteiger partial charge in [-0.1, -0.05) is 30.3 Å². The summed E-state index contributed by atoms with van der Waals surface area (Å²) in [5.74, 6) is 1.15. The summed E-state index contributed by atoms with van der Waals surface area (Å²) in [7, 11) is 1.61. The molecular formula is C27H28N2O5. The van der Waals surface area contributed by atoms with E-state index in [4.69, 9.17) is 25.1 Å². The van der Waals surface area contributed by atoms with E-state index < -0.39 is 5.91 Å². The van der Waals surface area contributed by atoms with E-state index in [-0.39, 0.29) is 6.61 Å². The number of aliphatic hydroxyl groups excluding tert-OH is 1. The molecule has 0 spiro atoms. The molecule has 0 unspecified atom stereocenters. The number of carbonyl (C=O) groups excluding carboxylic acids is 1. The van der Waals surface area contributed by atoms with Gasteiger partial charge in [-0.2, -0.15) is 0 Å². The molecule has 5 rings (SSSR count). The molecule has 0 radical (unpaired) electrons. The van der Waals surface area contributed by atoms with Gasteiger partial charge < -0.3 is 30.0 Å². The number of primary amides is 1. The number of benzene rings is 3. The predicted molar refractivity (Wildman–Crippen MR) is 132 cm³/mol. The number of aromatic nitrogens is 1. The normalized spacial score (nSPS) is 12.1. The Balaban J connectivity index is 0.000000180. The lowest BCUT2D eigenvalue weighted by Crippen LogP contribution is -2.20. The molecule has 7 nitrogen and oxygen atoms in total. The van der Waals surface area contributed by atoms with E-state index >= 15 is 0 Å². The minimum absolute atomic E-state index is 0.263. The summed E-state index contributed by atoms with van der Waals surface area (Å²) < 4.78 is 16.3. The average Bonchev–Trinajstić information content (AvgIpc) is 3.30. The Hall–Kier alpha value is -3.97. The average molecular weight is 461 g/mol. The van der Waals surface area contributed by atoms with Gasteiger partial charge in [-0.05, 0) is 59.9 Å². The highest BCUT2D eigenvalue weighted by Gasteiger charge is 2.21. The number of hydrogen-bond donors (Lipinski definition) is 3. The van der Waals surface area contributed by atoms with E-state index in [0.717, 1.165) is 29.7 Å². The number of methoxy groups -OCH3 is 1. The number of rotatable bonds is 6. The van der Waals surface area contributed by atoms with Crippen molar-refractivity contribution in [3.8, 4) is 28.4 Å². The summed E-state index contributed by atoms with van der Waals surface area (Å²) in [5.41, 5.74) is 9.97. The summed E-state index contributed by atoms with van der Waals surface area (Å²) in [6.45, 7) is 1.12. The predicted octanol–water partition coefficient (Wildman–Crippen LogP) is 4.33. The first-order chi connectivity index (χ1) is 16.6. The van der Waals surface area contributed by atoms with E-state index in [1.807, 2.05) is 48.7 Å². The van der Waals surface area contributed by atoms with Gasteiger partial charge >= 0.3 is 0 Å². The van der Waals surface area contributed by atoms with E-state index in [9.17, 15) is 4.79 Å². The van der Waals surface area contributed by atoms with Crippen LogP contribution in [0.25, 0.3) is 22.0 Å². The molecule has 4 aromatic rings. The number of amides is 1. The summed E-state index contributed by atoms with van der Waals surface area (Å²) in [5, 5.41) is 10.0. The zero-order valence-corrected chi connectivity index (χ0v) is 19.0. The molecule has 34 heavy (non-hydrogen) atoms. The van der Waals surface area contributed by atoms with Gasteiger partial charge in [0, 0.05) is 23.7 Å². The van der Waals surface area contributed by atoms with Crippen LogP contribution in [0.2, 0.25) is 0 Å². The van der Waals surface area contributed by atoms with Crippen molar-refractivity contribution in [2.45, 2.75) is 12.8 Å². The van der Waals surface area contributed by atoms with Gasteiger partial charge in [-0.25, -0.2) is 0 Å². The molecule has 176 valence electrons. The molecule has 1 aromatic heterocycles. The number of nitrogens with one attached hydrogen (secondary N) is 1. The zero-order chi connectivity index (χ0) is 23.9. The van der Waals surface area contributed by atoms with Crippen molar-refractivity contribution < 1.29 is 24.1 Å². The maximum atomic E-state index is 11.6. The van der Waals surface area contributed by atoms with Crippen LogP contribution >= 0.6 is 0 Å². The van der Waals surface area contributed by atoms with E-state index in [1.54, 1.807) is 13.2 Å². The van der Waals surface area contributed by atoms with Gasteiger partial charge in [-0.15, -0.1) is 0 Å². The van der Waals surface area contributed by atoms with Crippen molar-refractivity contribution >= 4 is 16.8 Å². The molecule has 7 heteroatoms. The Bertz CT molecular complexity index is 1280. The van der Waals surface area contributed by atoms with Crippen molar-refractivity contribution in [2.75, 3.05) is 26.9 Å². The molecule has 1 aliphatic rings. The zero-order valence-electron chi connectivity index (χ0n) is 19.0. The Kier molecular flexibility index (Phi) is 7.34. The molecule has 4 N–H and O–H groups in total. The largest absolute Gasteiger partial charge is 0.497 e. The maximum Gasteiger partial charge on any atom is 0.252 e. The number of ether oxygens (including phenoxy) is 3. The second kappa shape index (κ2) is 10.8. The monoisotopic (exact) mass is 460 g/mol. The van der Waals surface area contributed by atoms with Crippen molar-refractivity contribution in [3.05, 3.63) is 78.0 Å². The third kappa shape index (κ3) is 5.15. The summed E-state index contributed by atoms with van der Waals surface area (Å²) in [6.07, 6.45) is 3.81. The minimum Gasteiger partial charge on any atom is -0.497 e. The number of hydrogen-bond acceptors (Lipinski definition) is 5. The van der Waals surface area contributed by atoms with Crippen LogP contribution in [0.3, 0.4) is 0 Å². The van der Waals surface area contributed by atoms with E-state index in [2.05, 4.69) is 17.1 Å².